The minimum absolute atomic E-state index is 0.0503. The Balaban J connectivity index is 2.16. The topological polar surface area (TPSA) is 97.3 Å². The average molecular weight is 263 g/mol. The molecule has 0 saturated heterocycles. The second kappa shape index (κ2) is 5.38. The van der Waals surface area contributed by atoms with Gasteiger partial charge < -0.3 is 15.0 Å². The van der Waals surface area contributed by atoms with E-state index in [0.29, 0.717) is 13.0 Å². The van der Waals surface area contributed by atoms with Gasteiger partial charge >= 0.3 is 6.09 Å². The molecule has 0 radical (unpaired) electrons. The van der Waals surface area contributed by atoms with Crippen LogP contribution in [0.25, 0.3) is 10.9 Å². The molecule has 0 unspecified atom stereocenters. The van der Waals surface area contributed by atoms with E-state index in [1.165, 1.54) is 19.2 Å². The number of nitrogens with one attached hydrogen (secondary N) is 2. The van der Waals surface area contributed by atoms with Crippen LogP contribution < -0.4 is 5.32 Å². The van der Waals surface area contributed by atoms with Gasteiger partial charge in [-0.15, -0.1) is 0 Å². The first-order valence-corrected chi connectivity index (χ1v) is 5.68. The van der Waals surface area contributed by atoms with Crippen molar-refractivity contribution in [1.29, 1.82) is 0 Å². The first-order valence-electron chi connectivity index (χ1n) is 5.68. The smallest absolute Gasteiger partial charge is 0.406 e. The minimum Gasteiger partial charge on any atom is -0.453 e. The van der Waals surface area contributed by atoms with Gasteiger partial charge in [-0.05, 0) is 18.1 Å². The molecule has 0 aliphatic carbocycles. The Morgan fingerprint density at radius 3 is 3.00 bits per heavy atom. The standard InChI is InChI=1S/C12H13N3O4/c1-19-12(16)13-5-4-8-7-14-11-3-2-9(15(17)18)6-10(8)11/h2-3,6-7,14H,4-5H2,1H3,(H,13,16). The van der Waals surface area contributed by atoms with Gasteiger partial charge in [0.15, 0.2) is 0 Å². The molecule has 7 nitrogen and oxygen atoms in total. The van der Waals surface area contributed by atoms with Gasteiger partial charge in [-0.25, -0.2) is 4.79 Å². The number of nitro benzene ring substituents is 1. The second-order valence-electron chi connectivity index (χ2n) is 3.97. The average Bonchev–Trinajstić information content (AvgIpc) is 2.81. The highest BCUT2D eigenvalue weighted by atomic mass is 16.6. The second-order valence-corrected chi connectivity index (χ2v) is 3.97. The summed E-state index contributed by atoms with van der Waals surface area (Å²) in [6.07, 6.45) is 1.86. The first kappa shape index (κ1) is 12.9. The number of carbonyl (C=O) groups excluding carboxylic acids is 1. The van der Waals surface area contributed by atoms with Gasteiger partial charge in [0.1, 0.15) is 0 Å². The lowest BCUT2D eigenvalue weighted by molar-refractivity contribution is -0.384. The van der Waals surface area contributed by atoms with E-state index < -0.39 is 11.0 Å². The third-order valence-corrected chi connectivity index (χ3v) is 2.81. The third-order valence-electron chi connectivity index (χ3n) is 2.81. The maximum absolute atomic E-state index is 10.9. The fourth-order valence-electron chi connectivity index (χ4n) is 1.86. The lowest BCUT2D eigenvalue weighted by Crippen LogP contribution is -2.25. The molecule has 1 amide bonds. The zero-order chi connectivity index (χ0) is 13.8. The molecule has 7 heteroatoms. The molecule has 0 aliphatic rings. The van der Waals surface area contributed by atoms with Gasteiger partial charge in [0.2, 0.25) is 0 Å². The number of fused-ring (bicyclic) bond motifs is 1. The van der Waals surface area contributed by atoms with Gasteiger partial charge in [-0.1, -0.05) is 0 Å². The zero-order valence-electron chi connectivity index (χ0n) is 10.3. The Bertz CT molecular complexity index is 620. The Labute approximate surface area is 108 Å². The predicted octanol–water partition coefficient (Wildman–Crippen LogP) is 1.97. The van der Waals surface area contributed by atoms with E-state index in [4.69, 9.17) is 0 Å². The number of ether oxygens (including phenoxy) is 1. The number of alkyl carbamates (subject to hydrolysis) is 1. The Morgan fingerprint density at radius 2 is 2.32 bits per heavy atom. The molecule has 19 heavy (non-hydrogen) atoms. The van der Waals surface area contributed by atoms with Crippen molar-refractivity contribution in [3.63, 3.8) is 0 Å². The van der Waals surface area contributed by atoms with E-state index in [1.807, 2.05) is 0 Å². The first-order chi connectivity index (χ1) is 9.11. The number of benzene rings is 1. The summed E-state index contributed by atoms with van der Waals surface area (Å²) >= 11 is 0. The molecule has 2 aromatic rings. The summed E-state index contributed by atoms with van der Waals surface area (Å²) in [6, 6.07) is 4.65. The van der Waals surface area contributed by atoms with Crippen LogP contribution in [0.5, 0.6) is 0 Å². The zero-order valence-corrected chi connectivity index (χ0v) is 10.3. The van der Waals surface area contributed by atoms with Crippen molar-refractivity contribution >= 4 is 22.7 Å². The highest BCUT2D eigenvalue weighted by Gasteiger charge is 2.10. The molecule has 2 N–H and O–H groups in total. The summed E-state index contributed by atoms with van der Waals surface area (Å²) in [4.78, 5) is 24.3. The number of hydrogen-bond donors (Lipinski definition) is 2. The van der Waals surface area contributed by atoms with E-state index in [-0.39, 0.29) is 5.69 Å². The molecule has 0 bridgehead atoms. The van der Waals surface area contributed by atoms with Crippen LogP contribution >= 0.6 is 0 Å². The molecule has 1 aromatic carbocycles. The fourth-order valence-corrected chi connectivity index (χ4v) is 1.86. The SMILES string of the molecule is COC(=O)NCCc1c[nH]c2ccc([N+](=O)[O-])cc12. The molecule has 0 spiro atoms. The Kier molecular flexibility index (Phi) is 3.65. The van der Waals surface area contributed by atoms with Crippen LogP contribution in [-0.4, -0.2) is 29.7 Å². The maximum atomic E-state index is 10.9. The number of amides is 1. The van der Waals surface area contributed by atoms with Crippen molar-refractivity contribution in [2.45, 2.75) is 6.42 Å². The van der Waals surface area contributed by atoms with Crippen molar-refractivity contribution in [2.24, 2.45) is 0 Å². The molecule has 1 aromatic heterocycles. The fraction of sp³-hybridized carbons (Fsp3) is 0.250. The van der Waals surface area contributed by atoms with Gasteiger partial charge in [0.25, 0.3) is 5.69 Å². The van der Waals surface area contributed by atoms with E-state index in [0.717, 1.165) is 16.5 Å². The summed E-state index contributed by atoms with van der Waals surface area (Å²) in [6.45, 7) is 0.405. The van der Waals surface area contributed by atoms with Gasteiger partial charge in [0, 0.05) is 35.8 Å². The number of rotatable bonds is 4. The lowest BCUT2D eigenvalue weighted by Gasteiger charge is -2.02. The highest BCUT2D eigenvalue weighted by Crippen LogP contribution is 2.23. The third kappa shape index (κ3) is 2.82. The van der Waals surface area contributed by atoms with E-state index >= 15 is 0 Å². The Morgan fingerprint density at radius 1 is 1.53 bits per heavy atom. The largest absolute Gasteiger partial charge is 0.453 e. The summed E-state index contributed by atoms with van der Waals surface area (Å²) in [5.41, 5.74) is 1.79. The maximum Gasteiger partial charge on any atom is 0.406 e. The number of nitrogens with zero attached hydrogens (tertiary/aromatic N) is 1. The van der Waals surface area contributed by atoms with Gasteiger partial charge in [-0.2, -0.15) is 0 Å². The summed E-state index contributed by atoms with van der Waals surface area (Å²) in [7, 11) is 1.30. The number of aromatic nitrogens is 1. The van der Waals surface area contributed by atoms with Crippen molar-refractivity contribution in [3.8, 4) is 0 Å². The molecule has 2 rings (SSSR count). The molecule has 0 saturated carbocycles. The monoisotopic (exact) mass is 263 g/mol. The quantitative estimate of drug-likeness (QED) is 0.651. The molecular formula is C12H13N3O4. The van der Waals surface area contributed by atoms with Gasteiger partial charge in [0.05, 0.1) is 12.0 Å². The van der Waals surface area contributed by atoms with Crippen LogP contribution in [0.2, 0.25) is 0 Å². The van der Waals surface area contributed by atoms with Crippen LogP contribution in [0.1, 0.15) is 5.56 Å². The molecule has 100 valence electrons. The lowest BCUT2D eigenvalue weighted by atomic mass is 10.1. The summed E-state index contributed by atoms with van der Waals surface area (Å²) < 4.78 is 4.46. The van der Waals surface area contributed by atoms with E-state index in [2.05, 4.69) is 15.0 Å². The van der Waals surface area contributed by atoms with Crippen molar-refractivity contribution in [1.82, 2.24) is 10.3 Å². The molecule has 0 atom stereocenters. The molecule has 1 heterocycles. The van der Waals surface area contributed by atoms with Crippen molar-refractivity contribution in [3.05, 3.63) is 40.1 Å². The van der Waals surface area contributed by atoms with Crippen LogP contribution in [0.15, 0.2) is 24.4 Å². The summed E-state index contributed by atoms with van der Waals surface area (Å²) in [5, 5.41) is 14.1. The number of hydrogen-bond acceptors (Lipinski definition) is 4. The van der Waals surface area contributed by atoms with Crippen molar-refractivity contribution < 1.29 is 14.5 Å². The number of non-ortho nitro benzene ring substituents is 1. The van der Waals surface area contributed by atoms with Crippen LogP contribution in [0.4, 0.5) is 10.5 Å². The minimum atomic E-state index is -0.495. The number of aromatic amines is 1. The molecule has 0 fully saturated rings. The highest BCUT2D eigenvalue weighted by molar-refractivity contribution is 5.85. The predicted molar refractivity (Wildman–Crippen MR) is 69.1 cm³/mol. The number of carbonyl (C=O) groups is 1. The van der Waals surface area contributed by atoms with Crippen LogP contribution in [0.3, 0.4) is 0 Å². The van der Waals surface area contributed by atoms with Crippen molar-refractivity contribution in [2.75, 3.05) is 13.7 Å². The Hall–Kier alpha value is -2.57. The molecular weight excluding hydrogens is 250 g/mol. The number of nitro groups is 1. The molecule has 0 aliphatic heterocycles. The number of methoxy groups -OCH3 is 1. The number of H-pyrrole nitrogens is 1. The van der Waals surface area contributed by atoms with Crippen LogP contribution in [-0.2, 0) is 11.2 Å². The summed E-state index contributed by atoms with van der Waals surface area (Å²) in [5.74, 6) is 0. The van der Waals surface area contributed by atoms with Crippen LogP contribution in [0, 0.1) is 10.1 Å². The normalized spacial score (nSPS) is 10.4. The van der Waals surface area contributed by atoms with Gasteiger partial charge in [-0.3, -0.25) is 10.1 Å². The van der Waals surface area contributed by atoms with E-state index in [9.17, 15) is 14.9 Å². The van der Waals surface area contributed by atoms with E-state index in [1.54, 1.807) is 12.3 Å².